The van der Waals surface area contributed by atoms with Crippen LogP contribution < -0.4 is 11.1 Å². The second kappa shape index (κ2) is 13.5. The highest BCUT2D eigenvalue weighted by Gasteiger charge is 2.69. The maximum absolute atomic E-state index is 13.4. The van der Waals surface area contributed by atoms with E-state index in [4.69, 9.17) is 30.3 Å². The summed E-state index contributed by atoms with van der Waals surface area (Å²) >= 11 is 1.54. The molecule has 9 nitrogen and oxygen atoms in total. The van der Waals surface area contributed by atoms with E-state index >= 15 is 0 Å². The number of nitrogens with two attached hydrogens (primary N) is 1. The third-order valence-electron chi connectivity index (χ3n) is 14.9. The van der Waals surface area contributed by atoms with E-state index in [1.807, 2.05) is 12.3 Å². The van der Waals surface area contributed by atoms with Crippen molar-refractivity contribution in [3.05, 3.63) is 27.7 Å². The molecular weight excluding hydrogens is 637 g/mol. The quantitative estimate of drug-likeness (QED) is 0.104. The number of methoxy groups -OCH3 is 1. The highest BCUT2D eigenvalue weighted by Crippen LogP contribution is 2.73. The first-order valence-electron chi connectivity index (χ1n) is 18.5. The third kappa shape index (κ3) is 6.08. The van der Waals surface area contributed by atoms with Crippen LogP contribution in [-0.2, 0) is 25.6 Å². The van der Waals surface area contributed by atoms with Gasteiger partial charge >= 0.3 is 5.97 Å². The van der Waals surface area contributed by atoms with E-state index in [9.17, 15) is 9.90 Å². The van der Waals surface area contributed by atoms with Gasteiger partial charge in [0.05, 0.1) is 49.7 Å². The molecule has 1 aromatic heterocycles. The van der Waals surface area contributed by atoms with Crippen LogP contribution in [0.25, 0.3) is 0 Å². The average molecular weight is 701 g/mol. The number of fused-ring (bicyclic) bond motifs is 5. The van der Waals surface area contributed by atoms with Gasteiger partial charge in [-0.3, -0.25) is 10.2 Å². The Morgan fingerprint density at radius 3 is 2.41 bits per heavy atom. The summed E-state index contributed by atoms with van der Waals surface area (Å²) in [5.41, 5.74) is 6.66. The predicted molar refractivity (Wildman–Crippen MR) is 195 cm³/mol. The molecule has 276 valence electrons. The van der Waals surface area contributed by atoms with Crippen molar-refractivity contribution in [2.24, 2.45) is 62.4 Å². The summed E-state index contributed by atoms with van der Waals surface area (Å²) in [6, 6.07) is -0.153. The molecule has 1 aromatic rings. The van der Waals surface area contributed by atoms with Gasteiger partial charge in [0.1, 0.15) is 5.01 Å². The minimum atomic E-state index is -0.626. The second-order valence-electron chi connectivity index (χ2n) is 17.7. The minimum absolute atomic E-state index is 0.0754. The summed E-state index contributed by atoms with van der Waals surface area (Å²) in [5.74, 6) is 0.264. The van der Waals surface area contributed by atoms with E-state index in [0.717, 1.165) is 42.8 Å². The fraction of sp³-hybridized carbons (Fsp3) is 0.821. The number of hydrogen-bond donors (Lipinski definition) is 4. The van der Waals surface area contributed by atoms with E-state index in [0.29, 0.717) is 43.5 Å². The number of guanidine groups is 1. The number of thiazole rings is 1. The van der Waals surface area contributed by atoms with Gasteiger partial charge in [-0.25, -0.2) is 4.98 Å². The molecule has 0 bridgehead atoms. The average Bonchev–Trinajstić information content (AvgIpc) is 3.50. The lowest BCUT2D eigenvalue weighted by Crippen LogP contribution is -2.66. The molecule has 0 aromatic carbocycles. The maximum Gasteiger partial charge on any atom is 0.307 e. The Bertz CT molecular complexity index is 1430. The zero-order valence-electron chi connectivity index (χ0n) is 31.9. The van der Waals surface area contributed by atoms with Crippen molar-refractivity contribution in [2.75, 3.05) is 20.3 Å². The topological polar surface area (TPSA) is 140 Å². The number of carboxylic acids is 1. The van der Waals surface area contributed by atoms with Crippen molar-refractivity contribution in [3.8, 4) is 0 Å². The number of carbonyl (C=O) groups is 1. The van der Waals surface area contributed by atoms with Gasteiger partial charge in [-0.1, -0.05) is 67.0 Å². The monoisotopic (exact) mass is 700 g/mol. The highest BCUT2D eigenvalue weighted by molar-refractivity contribution is 7.09. The van der Waals surface area contributed by atoms with Crippen LogP contribution in [-0.4, -0.2) is 54.6 Å². The van der Waals surface area contributed by atoms with Gasteiger partial charge in [0.15, 0.2) is 5.96 Å². The van der Waals surface area contributed by atoms with E-state index in [2.05, 4.69) is 73.7 Å². The van der Waals surface area contributed by atoms with Crippen molar-refractivity contribution in [1.82, 2.24) is 10.3 Å². The first-order valence-corrected chi connectivity index (χ1v) is 19.4. The fourth-order valence-electron chi connectivity index (χ4n) is 11.7. The second-order valence-corrected chi connectivity index (χ2v) is 18.6. The van der Waals surface area contributed by atoms with Crippen molar-refractivity contribution in [1.29, 1.82) is 5.41 Å². The minimum Gasteiger partial charge on any atom is -0.481 e. The summed E-state index contributed by atoms with van der Waals surface area (Å²) in [7, 11) is 1.75. The van der Waals surface area contributed by atoms with E-state index in [1.54, 1.807) is 7.11 Å². The smallest absolute Gasteiger partial charge is 0.307 e. The molecule has 12 atom stereocenters. The van der Waals surface area contributed by atoms with Gasteiger partial charge in [0.2, 0.25) is 0 Å². The molecule has 5 N–H and O–H groups in total. The summed E-state index contributed by atoms with van der Waals surface area (Å²) in [5, 5.41) is 24.3. The number of aliphatic carboxylic acids is 1. The molecule has 1 saturated heterocycles. The van der Waals surface area contributed by atoms with Gasteiger partial charge < -0.3 is 30.4 Å². The predicted octanol–water partition coefficient (Wildman–Crippen LogP) is 7.81. The lowest BCUT2D eigenvalue weighted by Gasteiger charge is -2.69. The number of hydrogen-bond acceptors (Lipinski definition) is 7. The van der Waals surface area contributed by atoms with Crippen LogP contribution in [0.4, 0.5) is 0 Å². The Morgan fingerprint density at radius 1 is 1.10 bits per heavy atom. The molecule has 3 fully saturated rings. The fourth-order valence-corrected chi connectivity index (χ4v) is 12.5. The SMILES string of the molecule is COC(C)[C@H](OCc1csc([C@H](C)NC(=N)N)n1)C1(C)COC[C@@]2(C)C3=CC[C@@]4(C)[C@H](C(=O)O)[C@@](C)([C@H](C)C(C)C)CC[C@]4(C)[C@H]3CCC12. The molecule has 0 amide bonds. The maximum atomic E-state index is 13.4. The number of nitrogens with zero attached hydrogens (tertiary/aromatic N) is 1. The van der Waals surface area contributed by atoms with Gasteiger partial charge in [-0.15, -0.1) is 11.3 Å². The van der Waals surface area contributed by atoms with E-state index < -0.39 is 11.9 Å². The van der Waals surface area contributed by atoms with Crippen LogP contribution in [0, 0.1) is 62.1 Å². The largest absolute Gasteiger partial charge is 0.481 e. The number of allylic oxidation sites excluding steroid dienone is 1. The molecular formula is C39H64N4O5S. The van der Waals surface area contributed by atoms with Crippen LogP contribution in [0.5, 0.6) is 0 Å². The van der Waals surface area contributed by atoms with Crippen molar-refractivity contribution in [2.45, 2.75) is 126 Å². The van der Waals surface area contributed by atoms with Crippen LogP contribution >= 0.6 is 11.3 Å². The number of rotatable bonds is 11. The Morgan fingerprint density at radius 2 is 1.80 bits per heavy atom. The van der Waals surface area contributed by atoms with Gasteiger partial charge in [-0.2, -0.15) is 0 Å². The summed E-state index contributed by atoms with van der Waals surface area (Å²) < 4.78 is 19.4. The molecule has 4 aliphatic rings. The van der Waals surface area contributed by atoms with Gasteiger partial charge in [-0.05, 0) is 85.9 Å². The van der Waals surface area contributed by atoms with Gasteiger partial charge in [0, 0.05) is 23.3 Å². The van der Waals surface area contributed by atoms with Crippen LogP contribution in [0.1, 0.15) is 118 Å². The molecule has 10 heteroatoms. The number of carboxylic acid groups (broad SMARTS) is 1. The van der Waals surface area contributed by atoms with Crippen LogP contribution in [0.15, 0.2) is 17.0 Å². The normalized spacial score (nSPS) is 39.8. The molecule has 5 rings (SSSR count). The molecule has 2 heterocycles. The molecule has 0 radical (unpaired) electrons. The van der Waals surface area contributed by atoms with Gasteiger partial charge in [0.25, 0.3) is 0 Å². The summed E-state index contributed by atoms with van der Waals surface area (Å²) in [6.07, 6.45) is 6.92. The molecule has 3 aliphatic carbocycles. The lowest BCUT2D eigenvalue weighted by molar-refractivity contribution is -0.226. The zero-order valence-corrected chi connectivity index (χ0v) is 32.8. The Labute approximate surface area is 299 Å². The zero-order chi connectivity index (χ0) is 36.3. The van der Waals surface area contributed by atoms with Crippen LogP contribution in [0.2, 0.25) is 0 Å². The number of ether oxygens (including phenoxy) is 3. The lowest BCUT2D eigenvalue weighted by atomic mass is 9.35. The number of aromatic nitrogens is 1. The third-order valence-corrected chi connectivity index (χ3v) is 16.0. The van der Waals surface area contributed by atoms with Crippen molar-refractivity contribution in [3.63, 3.8) is 0 Å². The Kier molecular flexibility index (Phi) is 10.5. The first-order chi connectivity index (χ1) is 22.8. The van der Waals surface area contributed by atoms with Crippen LogP contribution in [0.3, 0.4) is 0 Å². The van der Waals surface area contributed by atoms with E-state index in [-0.39, 0.29) is 51.3 Å². The Balaban J connectivity index is 1.46. The summed E-state index contributed by atoms with van der Waals surface area (Å²) in [4.78, 5) is 18.2. The molecule has 0 spiro atoms. The highest BCUT2D eigenvalue weighted by atomic mass is 32.1. The Hall–Kier alpha value is -2.01. The van der Waals surface area contributed by atoms with Crippen molar-refractivity contribution < 1.29 is 24.1 Å². The van der Waals surface area contributed by atoms with Crippen molar-refractivity contribution >= 4 is 23.3 Å². The molecule has 49 heavy (non-hydrogen) atoms. The number of nitrogens with one attached hydrogen (secondary N) is 2. The first kappa shape index (κ1) is 38.2. The summed E-state index contributed by atoms with van der Waals surface area (Å²) in [6.45, 7) is 24.2. The molecule has 2 saturated carbocycles. The van der Waals surface area contributed by atoms with E-state index in [1.165, 1.54) is 16.9 Å². The molecule has 1 aliphatic heterocycles. The molecule has 3 unspecified atom stereocenters. The standard InChI is InChI=1S/C39H64N4O5S/c1-22(2)23(3)35(6)16-17-38(9)28-12-13-29-36(7,27(28)14-15-39(38,10)30(35)33(44)45)20-47-21-37(29,8)31(25(5)46-11)48-18-26-19-49-32(43-26)24(4)42-34(40)41/h14,19,22-25,28-31H,12-13,15-18,20-21H2,1-11H3,(H,44,45)(H4,40,41,42)/t23-,24+,25?,28+,29?,30-,31+,35-,36+,37?,38-,39+/m1/s1.